The minimum absolute atomic E-state index is 0.0828. The molecule has 2 aromatic rings. The molecule has 0 saturated carbocycles. The zero-order valence-electron chi connectivity index (χ0n) is 20.5. The lowest BCUT2D eigenvalue weighted by Crippen LogP contribution is -2.55. The Morgan fingerprint density at radius 1 is 1.11 bits per heavy atom. The van der Waals surface area contributed by atoms with Crippen molar-refractivity contribution in [3.8, 4) is 0 Å². The lowest BCUT2D eigenvalue weighted by Gasteiger charge is -2.23. The number of para-hydroxylation sites is 1. The highest BCUT2D eigenvalue weighted by Gasteiger charge is 2.28. The van der Waals surface area contributed by atoms with Gasteiger partial charge in [0.2, 0.25) is 11.8 Å². The molecule has 11 heteroatoms. The number of carboxylic acid groups (broad SMARTS) is 1. The van der Waals surface area contributed by atoms with Gasteiger partial charge in [-0.15, -0.1) is 0 Å². The molecule has 1 heterocycles. The first-order chi connectivity index (χ1) is 16.6. The summed E-state index contributed by atoms with van der Waals surface area (Å²) in [6, 6.07) is 4.60. The van der Waals surface area contributed by atoms with Gasteiger partial charge in [0, 0.05) is 37.1 Å². The Bertz CT molecular complexity index is 1020. The Kier molecular flexibility index (Phi) is 10.5. The smallest absolute Gasteiger partial charge is 0.326 e. The van der Waals surface area contributed by atoms with Crippen LogP contribution in [0.25, 0.3) is 10.9 Å². The van der Waals surface area contributed by atoms with E-state index < -0.39 is 35.9 Å². The van der Waals surface area contributed by atoms with E-state index in [1.807, 2.05) is 38.1 Å². The number of benzene rings is 1. The average molecular weight is 488 g/mol. The van der Waals surface area contributed by atoms with Gasteiger partial charge in [-0.2, -0.15) is 0 Å². The number of hydrogen-bond acceptors (Lipinski definition) is 5. The van der Waals surface area contributed by atoms with Gasteiger partial charge in [0.25, 0.3) is 0 Å². The van der Waals surface area contributed by atoms with Gasteiger partial charge < -0.3 is 37.1 Å². The zero-order valence-corrected chi connectivity index (χ0v) is 20.5. The molecule has 0 aliphatic rings. The Balaban J connectivity index is 2.10. The van der Waals surface area contributed by atoms with Crippen LogP contribution in [0.2, 0.25) is 0 Å². The van der Waals surface area contributed by atoms with Crippen molar-refractivity contribution in [2.24, 2.45) is 11.7 Å². The fraction of sp³-hybridized carbons (Fsp3) is 0.500. The number of carboxylic acids is 1. The van der Waals surface area contributed by atoms with E-state index in [0.717, 1.165) is 16.5 Å². The van der Waals surface area contributed by atoms with Crippen LogP contribution in [-0.4, -0.2) is 65.6 Å². The molecule has 3 atom stereocenters. The molecule has 0 unspecified atom stereocenters. The topological polar surface area (TPSA) is 185 Å². The summed E-state index contributed by atoms with van der Waals surface area (Å²) in [5, 5.41) is 29.0. The number of nitrogens with one attached hydrogen (secondary N) is 6. The summed E-state index contributed by atoms with van der Waals surface area (Å²) >= 11 is 0. The summed E-state index contributed by atoms with van der Waals surface area (Å²) in [4.78, 5) is 40.8. The molecular formula is C24H37N7O4. The number of amides is 2. The van der Waals surface area contributed by atoms with Gasteiger partial charge in [0.05, 0.1) is 6.04 Å². The lowest BCUT2D eigenvalue weighted by molar-refractivity contribution is -0.142. The van der Waals surface area contributed by atoms with Crippen LogP contribution in [0.3, 0.4) is 0 Å². The Hall–Kier alpha value is -3.60. The maximum atomic E-state index is 13.1. The molecular weight excluding hydrogens is 450 g/mol. The molecule has 0 saturated heterocycles. The van der Waals surface area contributed by atoms with Gasteiger partial charge in [0.15, 0.2) is 5.96 Å². The number of guanidine groups is 1. The Labute approximate surface area is 205 Å². The van der Waals surface area contributed by atoms with Gasteiger partial charge in [-0.05, 0) is 36.8 Å². The molecule has 0 fully saturated rings. The number of aromatic amines is 1. The molecule has 0 bridgehead atoms. The van der Waals surface area contributed by atoms with Gasteiger partial charge in [-0.1, -0.05) is 32.0 Å². The van der Waals surface area contributed by atoms with Crippen molar-refractivity contribution in [1.82, 2.24) is 26.3 Å². The molecule has 0 spiro atoms. The van der Waals surface area contributed by atoms with Crippen molar-refractivity contribution < 1.29 is 19.5 Å². The van der Waals surface area contributed by atoms with E-state index in [2.05, 4.69) is 26.3 Å². The van der Waals surface area contributed by atoms with Crippen molar-refractivity contribution in [2.45, 2.75) is 57.7 Å². The second-order valence-corrected chi connectivity index (χ2v) is 8.95. The SMILES string of the molecule is CNC(=N)NCCC[C@H](NC(=O)[C@@H](N)CC(C)C)C(=O)N[C@@H](Cc1c[nH]c2ccccc12)C(=O)O. The van der Waals surface area contributed by atoms with Crippen LogP contribution in [0.1, 0.15) is 38.7 Å². The number of fused-ring (bicyclic) bond motifs is 1. The predicted molar refractivity (Wildman–Crippen MR) is 135 cm³/mol. The van der Waals surface area contributed by atoms with Crippen LogP contribution >= 0.6 is 0 Å². The van der Waals surface area contributed by atoms with Gasteiger partial charge >= 0.3 is 5.97 Å². The zero-order chi connectivity index (χ0) is 26.0. The standard InChI is InChI=1S/C24H37N7O4/c1-14(2)11-17(25)21(32)30-19(9-6-10-28-24(26)27-3)22(33)31-20(23(34)35)12-15-13-29-18-8-5-4-7-16(15)18/h4-5,7-8,13-14,17,19-20,29H,6,9-12,25H2,1-3H3,(H,30,32)(H,31,33)(H,34,35)(H3,26,27,28)/t17-,19-,20-/m0/s1. The second kappa shape index (κ2) is 13.3. The van der Waals surface area contributed by atoms with Crippen LogP contribution in [0.4, 0.5) is 0 Å². The number of aromatic nitrogens is 1. The number of aliphatic carboxylic acids is 1. The molecule has 2 amide bonds. The summed E-state index contributed by atoms with van der Waals surface area (Å²) in [6.45, 7) is 4.29. The molecule has 35 heavy (non-hydrogen) atoms. The van der Waals surface area contributed by atoms with E-state index in [0.29, 0.717) is 19.4 Å². The van der Waals surface area contributed by atoms with E-state index in [4.69, 9.17) is 11.1 Å². The highest BCUT2D eigenvalue weighted by molar-refractivity contribution is 5.92. The average Bonchev–Trinajstić information content (AvgIpc) is 3.22. The fourth-order valence-corrected chi connectivity index (χ4v) is 3.76. The van der Waals surface area contributed by atoms with Crippen molar-refractivity contribution in [2.75, 3.05) is 13.6 Å². The van der Waals surface area contributed by atoms with E-state index in [1.165, 1.54) is 0 Å². The summed E-state index contributed by atoms with van der Waals surface area (Å²) < 4.78 is 0. The number of H-pyrrole nitrogens is 1. The molecule has 0 radical (unpaired) electrons. The highest BCUT2D eigenvalue weighted by atomic mass is 16.4. The third kappa shape index (κ3) is 8.60. The molecule has 1 aromatic heterocycles. The summed E-state index contributed by atoms with van der Waals surface area (Å²) in [5.74, 6) is -1.88. The van der Waals surface area contributed by atoms with Crippen molar-refractivity contribution >= 4 is 34.6 Å². The molecule has 0 aliphatic carbocycles. The van der Waals surface area contributed by atoms with E-state index in [1.54, 1.807) is 13.2 Å². The second-order valence-electron chi connectivity index (χ2n) is 8.95. The minimum Gasteiger partial charge on any atom is -0.480 e. The normalized spacial score (nSPS) is 13.6. The summed E-state index contributed by atoms with van der Waals surface area (Å²) in [6.07, 6.45) is 2.98. The van der Waals surface area contributed by atoms with E-state index in [-0.39, 0.29) is 24.7 Å². The number of hydrogen-bond donors (Lipinski definition) is 8. The van der Waals surface area contributed by atoms with Crippen LogP contribution in [0.15, 0.2) is 30.5 Å². The number of carbonyl (C=O) groups excluding carboxylic acids is 2. The van der Waals surface area contributed by atoms with Gasteiger partial charge in [0.1, 0.15) is 12.1 Å². The van der Waals surface area contributed by atoms with Crippen LogP contribution in [0.5, 0.6) is 0 Å². The first-order valence-corrected chi connectivity index (χ1v) is 11.8. The fourth-order valence-electron chi connectivity index (χ4n) is 3.76. The molecule has 0 aliphatic heterocycles. The monoisotopic (exact) mass is 487 g/mol. The largest absolute Gasteiger partial charge is 0.480 e. The predicted octanol–water partition coefficient (Wildman–Crippen LogP) is 0.662. The van der Waals surface area contributed by atoms with Crippen molar-refractivity contribution in [3.63, 3.8) is 0 Å². The Morgan fingerprint density at radius 3 is 2.46 bits per heavy atom. The number of rotatable bonds is 13. The molecule has 11 nitrogen and oxygen atoms in total. The van der Waals surface area contributed by atoms with Crippen molar-refractivity contribution in [1.29, 1.82) is 5.41 Å². The maximum Gasteiger partial charge on any atom is 0.326 e. The van der Waals surface area contributed by atoms with Crippen molar-refractivity contribution in [3.05, 3.63) is 36.0 Å². The third-order valence-electron chi connectivity index (χ3n) is 5.63. The lowest BCUT2D eigenvalue weighted by atomic mass is 10.0. The number of carbonyl (C=O) groups is 3. The molecule has 9 N–H and O–H groups in total. The minimum atomic E-state index is -1.18. The molecule has 192 valence electrons. The summed E-state index contributed by atoms with van der Waals surface area (Å²) in [7, 11) is 1.61. The maximum absolute atomic E-state index is 13.1. The van der Waals surface area contributed by atoms with Crippen LogP contribution < -0.4 is 27.0 Å². The van der Waals surface area contributed by atoms with E-state index >= 15 is 0 Å². The highest BCUT2D eigenvalue weighted by Crippen LogP contribution is 2.19. The van der Waals surface area contributed by atoms with Crippen LogP contribution in [-0.2, 0) is 20.8 Å². The molecule has 2 rings (SSSR count). The first kappa shape index (κ1) is 27.6. The number of nitrogens with two attached hydrogens (primary N) is 1. The Morgan fingerprint density at radius 2 is 1.80 bits per heavy atom. The van der Waals surface area contributed by atoms with Crippen LogP contribution in [0, 0.1) is 11.3 Å². The van der Waals surface area contributed by atoms with Gasteiger partial charge in [-0.3, -0.25) is 15.0 Å². The van der Waals surface area contributed by atoms with E-state index in [9.17, 15) is 19.5 Å². The quantitative estimate of drug-likeness (QED) is 0.116. The summed E-state index contributed by atoms with van der Waals surface area (Å²) in [5.41, 5.74) is 7.62. The molecule has 1 aromatic carbocycles. The first-order valence-electron chi connectivity index (χ1n) is 11.8. The third-order valence-corrected chi connectivity index (χ3v) is 5.63. The van der Waals surface area contributed by atoms with Gasteiger partial charge in [-0.25, -0.2) is 4.79 Å².